The number of aromatic nitrogens is 1. The van der Waals surface area contributed by atoms with E-state index in [-0.39, 0.29) is 0 Å². The number of rotatable bonds is 2. The molecule has 2 heterocycles. The van der Waals surface area contributed by atoms with Gasteiger partial charge in [0.05, 0.1) is 5.60 Å². The molecule has 1 aromatic rings. The van der Waals surface area contributed by atoms with Crippen molar-refractivity contribution in [2.24, 2.45) is 0 Å². The molecule has 1 aliphatic heterocycles. The summed E-state index contributed by atoms with van der Waals surface area (Å²) in [6.45, 7) is 1.49. The molecular weight excluding hydrogens is 192 g/mol. The Hall–Kier alpha value is -0.970. The summed E-state index contributed by atoms with van der Waals surface area (Å²) in [4.78, 5) is 3.94. The molecule has 1 atom stereocenters. The highest BCUT2D eigenvalue weighted by atomic mass is 16.3. The molecule has 1 fully saturated rings. The molecule has 0 radical (unpaired) electrons. The van der Waals surface area contributed by atoms with Crippen LogP contribution in [0.15, 0.2) is 24.5 Å². The third kappa shape index (κ3) is 2.17. The largest absolute Gasteiger partial charge is 0.387 e. The number of pyridine rings is 1. The van der Waals surface area contributed by atoms with E-state index in [1.54, 1.807) is 24.5 Å². The van der Waals surface area contributed by atoms with Gasteiger partial charge in [0.25, 0.3) is 0 Å². The highest BCUT2D eigenvalue weighted by Gasteiger charge is 2.37. The van der Waals surface area contributed by atoms with E-state index < -0.39 is 11.7 Å². The molecule has 82 valence electrons. The Morgan fingerprint density at radius 2 is 2.13 bits per heavy atom. The zero-order valence-corrected chi connectivity index (χ0v) is 8.56. The van der Waals surface area contributed by atoms with Crippen LogP contribution in [0.25, 0.3) is 0 Å². The number of aliphatic hydroxyl groups is 2. The molecule has 2 rings (SSSR count). The third-order valence-electron chi connectivity index (χ3n) is 2.98. The Bertz CT molecular complexity index is 310. The Morgan fingerprint density at radius 1 is 1.40 bits per heavy atom. The molecule has 1 aromatic heterocycles. The van der Waals surface area contributed by atoms with E-state index in [1.807, 2.05) is 0 Å². The fourth-order valence-corrected chi connectivity index (χ4v) is 1.98. The van der Waals surface area contributed by atoms with Gasteiger partial charge in [-0.15, -0.1) is 0 Å². The van der Waals surface area contributed by atoms with Gasteiger partial charge in [-0.2, -0.15) is 0 Å². The lowest BCUT2D eigenvalue weighted by Crippen LogP contribution is -2.46. The SMILES string of the molecule is OC(c1cccnc1)C1(O)CCNCC1. The second-order valence-corrected chi connectivity index (χ2v) is 4.04. The summed E-state index contributed by atoms with van der Waals surface area (Å²) in [5.74, 6) is 0. The molecule has 4 nitrogen and oxygen atoms in total. The molecule has 1 unspecified atom stereocenters. The highest BCUT2D eigenvalue weighted by molar-refractivity contribution is 5.16. The molecule has 0 aliphatic carbocycles. The molecule has 0 amide bonds. The average molecular weight is 208 g/mol. The average Bonchev–Trinajstić information content (AvgIpc) is 2.30. The third-order valence-corrected chi connectivity index (χ3v) is 2.98. The van der Waals surface area contributed by atoms with Gasteiger partial charge in [0.1, 0.15) is 6.10 Å². The quantitative estimate of drug-likeness (QED) is 0.651. The van der Waals surface area contributed by atoms with E-state index >= 15 is 0 Å². The fraction of sp³-hybridized carbons (Fsp3) is 0.545. The van der Waals surface area contributed by atoms with E-state index in [2.05, 4.69) is 10.3 Å². The van der Waals surface area contributed by atoms with Crippen LogP contribution in [-0.2, 0) is 0 Å². The zero-order valence-electron chi connectivity index (χ0n) is 8.56. The Kier molecular flexibility index (Phi) is 3.00. The zero-order chi connectivity index (χ0) is 10.7. The van der Waals surface area contributed by atoms with E-state index in [0.29, 0.717) is 18.4 Å². The molecule has 0 saturated carbocycles. The number of hydrogen-bond donors (Lipinski definition) is 3. The lowest BCUT2D eigenvalue weighted by Gasteiger charge is -2.36. The molecule has 1 saturated heterocycles. The normalized spacial score (nSPS) is 22.3. The Morgan fingerprint density at radius 3 is 2.73 bits per heavy atom. The van der Waals surface area contributed by atoms with Gasteiger partial charge in [-0.25, -0.2) is 0 Å². The summed E-state index contributed by atoms with van der Waals surface area (Å²) < 4.78 is 0. The molecule has 0 spiro atoms. The van der Waals surface area contributed by atoms with Gasteiger partial charge in [-0.05, 0) is 32.0 Å². The Balaban J connectivity index is 2.16. The minimum atomic E-state index is -1.01. The highest BCUT2D eigenvalue weighted by Crippen LogP contribution is 2.32. The van der Waals surface area contributed by atoms with Crippen LogP contribution in [-0.4, -0.2) is 33.9 Å². The molecule has 3 N–H and O–H groups in total. The van der Waals surface area contributed by atoms with Crippen molar-refractivity contribution in [3.63, 3.8) is 0 Å². The van der Waals surface area contributed by atoms with E-state index in [4.69, 9.17) is 0 Å². The number of nitrogens with zero attached hydrogens (tertiary/aromatic N) is 1. The monoisotopic (exact) mass is 208 g/mol. The maximum Gasteiger partial charge on any atom is 0.109 e. The first-order chi connectivity index (χ1) is 7.22. The van der Waals surface area contributed by atoms with Gasteiger partial charge in [0, 0.05) is 18.0 Å². The lowest BCUT2D eigenvalue weighted by molar-refractivity contribution is -0.0950. The van der Waals surface area contributed by atoms with Crippen molar-refractivity contribution in [2.45, 2.75) is 24.5 Å². The predicted octanol–water partition coefficient (Wildman–Crippen LogP) is 0.230. The second-order valence-electron chi connectivity index (χ2n) is 4.04. The summed E-state index contributed by atoms with van der Waals surface area (Å²) in [7, 11) is 0. The number of hydrogen-bond acceptors (Lipinski definition) is 4. The van der Waals surface area contributed by atoms with Crippen LogP contribution in [0.5, 0.6) is 0 Å². The summed E-state index contributed by atoms with van der Waals surface area (Å²) in [5.41, 5.74) is -0.323. The number of aliphatic hydroxyl groups excluding tert-OH is 1. The maximum atomic E-state index is 10.3. The van der Waals surface area contributed by atoms with Crippen LogP contribution in [0.4, 0.5) is 0 Å². The van der Waals surface area contributed by atoms with E-state index in [0.717, 1.165) is 13.1 Å². The van der Waals surface area contributed by atoms with Crippen LogP contribution in [0.1, 0.15) is 24.5 Å². The molecule has 4 heteroatoms. The lowest BCUT2D eigenvalue weighted by atomic mass is 9.84. The van der Waals surface area contributed by atoms with Crippen molar-refractivity contribution >= 4 is 0 Å². The van der Waals surface area contributed by atoms with Crippen LogP contribution >= 0.6 is 0 Å². The van der Waals surface area contributed by atoms with Gasteiger partial charge in [0.2, 0.25) is 0 Å². The van der Waals surface area contributed by atoms with Crippen molar-refractivity contribution in [1.29, 1.82) is 0 Å². The first-order valence-electron chi connectivity index (χ1n) is 5.23. The maximum absolute atomic E-state index is 10.3. The molecule has 1 aliphatic rings. The topological polar surface area (TPSA) is 65.4 Å². The van der Waals surface area contributed by atoms with Crippen molar-refractivity contribution in [3.8, 4) is 0 Å². The van der Waals surface area contributed by atoms with Gasteiger partial charge < -0.3 is 15.5 Å². The van der Waals surface area contributed by atoms with Gasteiger partial charge in [0.15, 0.2) is 0 Å². The molecular formula is C11H16N2O2. The van der Waals surface area contributed by atoms with Crippen molar-refractivity contribution in [2.75, 3.05) is 13.1 Å². The fourth-order valence-electron chi connectivity index (χ4n) is 1.98. The van der Waals surface area contributed by atoms with Crippen LogP contribution < -0.4 is 5.32 Å². The minimum Gasteiger partial charge on any atom is -0.387 e. The van der Waals surface area contributed by atoms with Crippen LogP contribution in [0.3, 0.4) is 0 Å². The first kappa shape index (κ1) is 10.5. The number of piperidine rings is 1. The first-order valence-corrected chi connectivity index (χ1v) is 5.23. The van der Waals surface area contributed by atoms with Crippen LogP contribution in [0.2, 0.25) is 0 Å². The number of nitrogens with one attached hydrogen (secondary N) is 1. The molecule has 0 aromatic carbocycles. The predicted molar refractivity (Wildman–Crippen MR) is 56.3 cm³/mol. The van der Waals surface area contributed by atoms with Gasteiger partial charge in [-0.3, -0.25) is 4.98 Å². The smallest absolute Gasteiger partial charge is 0.109 e. The Labute approximate surface area is 89.0 Å². The van der Waals surface area contributed by atoms with Gasteiger partial charge >= 0.3 is 0 Å². The standard InChI is InChI=1S/C11H16N2O2/c14-10(9-2-1-5-13-8-9)11(15)3-6-12-7-4-11/h1-2,5,8,10,12,14-15H,3-4,6-7H2. The summed E-state index contributed by atoms with van der Waals surface area (Å²) in [6, 6.07) is 3.56. The second kappa shape index (κ2) is 4.26. The summed E-state index contributed by atoms with van der Waals surface area (Å²) in [5, 5.41) is 23.5. The summed E-state index contributed by atoms with van der Waals surface area (Å²) >= 11 is 0. The van der Waals surface area contributed by atoms with Crippen molar-refractivity contribution in [1.82, 2.24) is 10.3 Å². The summed E-state index contributed by atoms with van der Waals surface area (Å²) in [6.07, 6.45) is 3.56. The van der Waals surface area contributed by atoms with Crippen molar-refractivity contribution < 1.29 is 10.2 Å². The van der Waals surface area contributed by atoms with Crippen LogP contribution in [0, 0.1) is 0 Å². The van der Waals surface area contributed by atoms with E-state index in [9.17, 15) is 10.2 Å². The molecule has 15 heavy (non-hydrogen) atoms. The molecule has 0 bridgehead atoms. The van der Waals surface area contributed by atoms with Gasteiger partial charge in [-0.1, -0.05) is 6.07 Å². The minimum absolute atomic E-state index is 0.572. The van der Waals surface area contributed by atoms with E-state index in [1.165, 1.54) is 0 Å². The van der Waals surface area contributed by atoms with Crippen molar-refractivity contribution in [3.05, 3.63) is 30.1 Å².